The summed E-state index contributed by atoms with van der Waals surface area (Å²) in [5, 5.41) is 2.83. The molecule has 1 heterocycles. The smallest absolute Gasteiger partial charge is 0.245 e. The van der Waals surface area contributed by atoms with Crippen LogP contribution >= 0.6 is 0 Å². The molecular weight excluding hydrogens is 228 g/mol. The molecule has 0 aromatic rings. The van der Waals surface area contributed by atoms with Crippen molar-refractivity contribution in [2.24, 2.45) is 5.92 Å². The summed E-state index contributed by atoms with van der Waals surface area (Å²) in [5.74, 6) is 1.02. The number of hydrogen-bond acceptors (Lipinski definition) is 2. The number of piperazine rings is 1. The van der Waals surface area contributed by atoms with Gasteiger partial charge in [0.15, 0.2) is 0 Å². The zero-order valence-corrected chi connectivity index (χ0v) is 11.4. The highest BCUT2D eigenvalue weighted by Crippen LogP contribution is 2.33. The van der Waals surface area contributed by atoms with Crippen LogP contribution < -0.4 is 5.32 Å². The van der Waals surface area contributed by atoms with Crippen molar-refractivity contribution >= 4 is 11.8 Å². The minimum Gasteiger partial charge on any atom is -0.343 e. The molecule has 2 rings (SSSR count). The molecule has 4 nitrogen and oxygen atoms in total. The Hall–Kier alpha value is -1.06. The summed E-state index contributed by atoms with van der Waals surface area (Å²) >= 11 is 0. The summed E-state index contributed by atoms with van der Waals surface area (Å²) in [6, 6.07) is -0.555. The second-order valence-corrected chi connectivity index (χ2v) is 5.51. The van der Waals surface area contributed by atoms with Gasteiger partial charge in [-0.1, -0.05) is 26.7 Å². The van der Waals surface area contributed by atoms with Crippen LogP contribution in [0.5, 0.6) is 0 Å². The fourth-order valence-corrected chi connectivity index (χ4v) is 2.73. The van der Waals surface area contributed by atoms with Crippen LogP contribution in [-0.4, -0.2) is 35.3 Å². The van der Waals surface area contributed by atoms with E-state index in [1.54, 1.807) is 0 Å². The zero-order chi connectivity index (χ0) is 13.1. The van der Waals surface area contributed by atoms with Gasteiger partial charge in [-0.2, -0.15) is 0 Å². The summed E-state index contributed by atoms with van der Waals surface area (Å²) in [5.41, 5.74) is 0. The Morgan fingerprint density at radius 2 is 1.94 bits per heavy atom. The van der Waals surface area contributed by atoms with E-state index in [4.69, 9.17) is 0 Å². The van der Waals surface area contributed by atoms with Gasteiger partial charge in [0, 0.05) is 6.54 Å². The van der Waals surface area contributed by atoms with Crippen LogP contribution in [0.4, 0.5) is 0 Å². The van der Waals surface area contributed by atoms with Crippen LogP contribution in [-0.2, 0) is 9.59 Å². The highest BCUT2D eigenvalue weighted by atomic mass is 16.2. The van der Waals surface area contributed by atoms with E-state index in [-0.39, 0.29) is 23.9 Å². The van der Waals surface area contributed by atoms with Crippen molar-refractivity contribution in [3.8, 4) is 0 Å². The second kappa shape index (κ2) is 5.72. The third-order valence-electron chi connectivity index (χ3n) is 4.08. The van der Waals surface area contributed by atoms with Crippen LogP contribution in [0.15, 0.2) is 0 Å². The van der Waals surface area contributed by atoms with Gasteiger partial charge in [-0.15, -0.1) is 0 Å². The average molecular weight is 252 g/mol. The van der Waals surface area contributed by atoms with Crippen molar-refractivity contribution in [3.05, 3.63) is 0 Å². The van der Waals surface area contributed by atoms with Gasteiger partial charge in [0.05, 0.1) is 0 Å². The standard InChI is InChI=1S/C14H24N2O2/c1-3-11-14(18)16(9-5-6-10-7-8-10)12(4-2)13(17)15-11/h10-12H,3-9H2,1-2H3,(H,15,17). The molecule has 2 unspecified atom stereocenters. The molecule has 0 radical (unpaired) electrons. The van der Waals surface area contributed by atoms with Crippen LogP contribution in [0.3, 0.4) is 0 Å². The van der Waals surface area contributed by atoms with Gasteiger partial charge < -0.3 is 10.2 Å². The highest BCUT2D eigenvalue weighted by molar-refractivity contribution is 5.96. The summed E-state index contributed by atoms with van der Waals surface area (Å²) in [4.78, 5) is 26.0. The van der Waals surface area contributed by atoms with E-state index >= 15 is 0 Å². The first-order valence-electron chi connectivity index (χ1n) is 7.28. The van der Waals surface area contributed by atoms with Crippen molar-refractivity contribution in [1.82, 2.24) is 10.2 Å². The highest BCUT2D eigenvalue weighted by Gasteiger charge is 2.38. The van der Waals surface area contributed by atoms with E-state index in [0.29, 0.717) is 12.8 Å². The molecule has 1 aliphatic heterocycles. The van der Waals surface area contributed by atoms with Crippen LogP contribution in [0, 0.1) is 5.92 Å². The minimum atomic E-state index is -0.304. The van der Waals surface area contributed by atoms with Crippen LogP contribution in [0.25, 0.3) is 0 Å². The normalized spacial score (nSPS) is 28.4. The Balaban J connectivity index is 1.95. The van der Waals surface area contributed by atoms with Crippen molar-refractivity contribution in [1.29, 1.82) is 0 Å². The van der Waals surface area contributed by atoms with Gasteiger partial charge in [-0.05, 0) is 31.6 Å². The number of carbonyl (C=O) groups excluding carboxylic acids is 2. The van der Waals surface area contributed by atoms with Crippen molar-refractivity contribution in [2.45, 2.75) is 64.5 Å². The van der Waals surface area contributed by atoms with Crippen molar-refractivity contribution in [3.63, 3.8) is 0 Å². The fourth-order valence-electron chi connectivity index (χ4n) is 2.73. The van der Waals surface area contributed by atoms with E-state index in [0.717, 1.165) is 18.9 Å². The number of rotatable bonds is 6. The van der Waals surface area contributed by atoms with E-state index in [9.17, 15) is 9.59 Å². The van der Waals surface area contributed by atoms with Gasteiger partial charge in [0.2, 0.25) is 11.8 Å². The Labute approximate surface area is 109 Å². The Bertz CT molecular complexity index is 326. The predicted molar refractivity (Wildman–Crippen MR) is 70.0 cm³/mol. The average Bonchev–Trinajstić information content (AvgIpc) is 3.17. The predicted octanol–water partition coefficient (Wildman–Crippen LogP) is 1.69. The molecule has 2 aliphatic rings. The van der Waals surface area contributed by atoms with E-state index in [1.165, 1.54) is 19.3 Å². The number of nitrogens with one attached hydrogen (secondary N) is 1. The first kappa shape index (κ1) is 13.4. The molecule has 0 spiro atoms. The maximum absolute atomic E-state index is 12.3. The third kappa shape index (κ3) is 2.85. The lowest BCUT2D eigenvalue weighted by molar-refractivity contribution is -0.149. The molecule has 1 saturated heterocycles. The minimum absolute atomic E-state index is 0.0235. The van der Waals surface area contributed by atoms with Gasteiger partial charge in [-0.3, -0.25) is 9.59 Å². The molecule has 1 N–H and O–H groups in total. The third-order valence-corrected chi connectivity index (χ3v) is 4.08. The monoisotopic (exact) mass is 252 g/mol. The molecule has 102 valence electrons. The molecule has 1 aliphatic carbocycles. The lowest BCUT2D eigenvalue weighted by atomic mass is 10.0. The Kier molecular flexibility index (Phi) is 4.25. The molecule has 2 atom stereocenters. The molecule has 2 amide bonds. The molecule has 2 fully saturated rings. The molecule has 4 heteroatoms. The maximum Gasteiger partial charge on any atom is 0.245 e. The summed E-state index contributed by atoms with van der Waals surface area (Å²) in [7, 11) is 0. The lowest BCUT2D eigenvalue weighted by Gasteiger charge is -2.38. The Morgan fingerprint density at radius 3 is 2.50 bits per heavy atom. The topological polar surface area (TPSA) is 49.4 Å². The molecular formula is C14H24N2O2. The summed E-state index contributed by atoms with van der Waals surface area (Å²) in [6.45, 7) is 4.66. The maximum atomic E-state index is 12.3. The molecule has 1 saturated carbocycles. The molecule has 0 bridgehead atoms. The Morgan fingerprint density at radius 1 is 1.22 bits per heavy atom. The zero-order valence-electron chi connectivity index (χ0n) is 11.4. The van der Waals surface area contributed by atoms with Crippen LogP contribution in [0.1, 0.15) is 52.4 Å². The van der Waals surface area contributed by atoms with Gasteiger partial charge in [-0.25, -0.2) is 0 Å². The van der Waals surface area contributed by atoms with E-state index in [2.05, 4.69) is 5.32 Å². The molecule has 0 aromatic carbocycles. The SMILES string of the molecule is CCC1NC(=O)C(CC)N(CCCC2CC2)C1=O. The molecule has 18 heavy (non-hydrogen) atoms. The number of nitrogens with zero attached hydrogens (tertiary/aromatic N) is 1. The quantitative estimate of drug-likeness (QED) is 0.782. The van der Waals surface area contributed by atoms with E-state index in [1.807, 2.05) is 18.7 Å². The van der Waals surface area contributed by atoms with Crippen molar-refractivity contribution < 1.29 is 9.59 Å². The summed E-state index contributed by atoms with van der Waals surface area (Å²) in [6.07, 6.45) is 6.33. The van der Waals surface area contributed by atoms with E-state index < -0.39 is 0 Å². The fraction of sp³-hybridized carbons (Fsp3) is 0.857. The summed E-state index contributed by atoms with van der Waals surface area (Å²) < 4.78 is 0. The van der Waals surface area contributed by atoms with Crippen LogP contribution in [0.2, 0.25) is 0 Å². The molecule has 0 aromatic heterocycles. The van der Waals surface area contributed by atoms with Gasteiger partial charge >= 0.3 is 0 Å². The number of amides is 2. The second-order valence-electron chi connectivity index (χ2n) is 5.51. The van der Waals surface area contributed by atoms with Crippen molar-refractivity contribution in [2.75, 3.05) is 6.54 Å². The van der Waals surface area contributed by atoms with Gasteiger partial charge in [0.25, 0.3) is 0 Å². The van der Waals surface area contributed by atoms with Gasteiger partial charge in [0.1, 0.15) is 12.1 Å². The first-order chi connectivity index (χ1) is 8.67. The largest absolute Gasteiger partial charge is 0.343 e. The number of carbonyl (C=O) groups is 2. The number of hydrogen-bond donors (Lipinski definition) is 1. The lowest BCUT2D eigenvalue weighted by Crippen LogP contribution is -2.63. The first-order valence-corrected chi connectivity index (χ1v) is 7.28.